The molecule has 1 heterocycles. The third-order valence-corrected chi connectivity index (χ3v) is 8.18. The molecule has 5 rings (SSSR count). The van der Waals surface area contributed by atoms with E-state index >= 15 is 0 Å². The number of halogens is 8. The minimum absolute atomic E-state index is 0.0440. The number of hydrogen-bond donors (Lipinski definition) is 3. The maximum atomic E-state index is 14.7. The van der Waals surface area contributed by atoms with Gasteiger partial charge in [-0.1, -0.05) is 5.57 Å². The first-order valence-electron chi connectivity index (χ1n) is 13.8. The van der Waals surface area contributed by atoms with E-state index < -0.39 is 76.8 Å². The fraction of sp³-hybridized carbons (Fsp3) is 0.290. The molecule has 8 nitrogen and oxygen atoms in total. The van der Waals surface area contributed by atoms with Crippen LogP contribution in [0.15, 0.2) is 60.3 Å². The van der Waals surface area contributed by atoms with Crippen molar-refractivity contribution in [1.29, 1.82) is 0 Å². The van der Waals surface area contributed by atoms with Gasteiger partial charge < -0.3 is 20.5 Å². The number of nitrogens with zero attached hydrogens (tertiary/aromatic N) is 1. The number of pyridine rings is 1. The highest BCUT2D eigenvalue weighted by molar-refractivity contribution is 6.00. The van der Waals surface area contributed by atoms with Crippen molar-refractivity contribution in [2.24, 2.45) is 17.8 Å². The number of carboxylic acids is 1. The first-order valence-corrected chi connectivity index (χ1v) is 13.8. The fourth-order valence-corrected chi connectivity index (χ4v) is 6.26. The molecule has 3 aromatic rings. The predicted molar refractivity (Wildman–Crippen MR) is 148 cm³/mol. The lowest BCUT2D eigenvalue weighted by Crippen LogP contribution is -2.48. The van der Waals surface area contributed by atoms with Gasteiger partial charge in [0.2, 0.25) is 11.8 Å². The summed E-state index contributed by atoms with van der Waals surface area (Å²) in [5.74, 6) is -9.54. The number of aromatic carboxylic acids is 1. The quantitative estimate of drug-likeness (QED) is 0.192. The van der Waals surface area contributed by atoms with Gasteiger partial charge in [-0.25, -0.2) is 18.6 Å². The lowest BCUT2D eigenvalue weighted by molar-refractivity contribution is -0.140. The lowest BCUT2D eigenvalue weighted by Gasteiger charge is -2.30. The summed E-state index contributed by atoms with van der Waals surface area (Å²) in [7, 11) is 1.15. The Labute approximate surface area is 260 Å². The molecule has 2 unspecified atom stereocenters. The first kappa shape index (κ1) is 33.3. The predicted octanol–water partition coefficient (Wildman–Crippen LogP) is 6.63. The molecule has 4 atom stereocenters. The molecule has 0 radical (unpaired) electrons. The zero-order valence-electron chi connectivity index (χ0n) is 24.0. The Balaban J connectivity index is 1.50. The normalized spacial score (nSPS) is 21.5. The van der Waals surface area contributed by atoms with E-state index in [0.29, 0.717) is 12.1 Å². The molecule has 2 fully saturated rings. The second-order valence-corrected chi connectivity index (χ2v) is 11.0. The van der Waals surface area contributed by atoms with Gasteiger partial charge in [0.15, 0.2) is 0 Å². The van der Waals surface area contributed by atoms with Crippen molar-refractivity contribution < 1.29 is 59.4 Å². The Bertz CT molecular complexity index is 1790. The summed E-state index contributed by atoms with van der Waals surface area (Å²) in [6.07, 6.45) is -8.50. The van der Waals surface area contributed by atoms with Gasteiger partial charge >= 0.3 is 18.3 Å². The van der Waals surface area contributed by atoms with Crippen LogP contribution in [0.25, 0.3) is 11.1 Å². The van der Waals surface area contributed by atoms with E-state index in [1.807, 2.05) is 0 Å². The SMILES string of the molecule is COc1ncc(-c2cc(C(=O)O)ccc2F)cc1C(=O)N[C@@H]1C2CCC(/C2=C/C(F)(F)F)[C@@H]1C(=O)Nc1ccc(F)c(C(F)(F)F)c1. The molecule has 1 aromatic heterocycles. The van der Waals surface area contributed by atoms with Crippen LogP contribution in [-0.4, -0.2) is 47.2 Å². The Hall–Kier alpha value is -5.02. The van der Waals surface area contributed by atoms with Gasteiger partial charge in [0, 0.05) is 41.0 Å². The molecule has 0 saturated heterocycles. The van der Waals surface area contributed by atoms with Crippen LogP contribution in [0.4, 0.5) is 40.8 Å². The van der Waals surface area contributed by atoms with Gasteiger partial charge in [0.05, 0.1) is 24.2 Å². The largest absolute Gasteiger partial charge is 0.480 e. The molecule has 2 bridgehead atoms. The Morgan fingerprint density at radius 3 is 2.28 bits per heavy atom. The number of ether oxygens (including phenoxy) is 1. The zero-order chi connectivity index (χ0) is 34.4. The van der Waals surface area contributed by atoms with Crippen LogP contribution in [-0.2, 0) is 11.0 Å². The van der Waals surface area contributed by atoms with E-state index in [1.54, 1.807) is 0 Å². The first-order chi connectivity index (χ1) is 22.0. The topological polar surface area (TPSA) is 118 Å². The van der Waals surface area contributed by atoms with Crippen molar-refractivity contribution in [1.82, 2.24) is 10.3 Å². The van der Waals surface area contributed by atoms with E-state index in [9.17, 15) is 54.6 Å². The highest BCUT2D eigenvalue weighted by Gasteiger charge is 2.56. The number of fused-ring (bicyclic) bond motifs is 2. The number of carboxylic acid groups (broad SMARTS) is 1. The Morgan fingerprint density at radius 2 is 1.64 bits per heavy atom. The van der Waals surface area contributed by atoms with Gasteiger partial charge in [-0.05, 0) is 61.2 Å². The number of alkyl halides is 6. The molecule has 2 saturated carbocycles. The summed E-state index contributed by atoms with van der Waals surface area (Å²) in [6, 6.07) is 4.44. The second-order valence-electron chi connectivity index (χ2n) is 11.0. The van der Waals surface area contributed by atoms with Crippen LogP contribution in [0.3, 0.4) is 0 Å². The number of allylic oxidation sites excluding steroid dienone is 1. The van der Waals surface area contributed by atoms with Crippen LogP contribution in [0, 0.1) is 29.4 Å². The summed E-state index contributed by atoms with van der Waals surface area (Å²) < 4.78 is 114. The highest BCUT2D eigenvalue weighted by Crippen LogP contribution is 2.54. The maximum Gasteiger partial charge on any atom is 0.419 e. The Morgan fingerprint density at radius 1 is 0.957 bits per heavy atom. The number of hydrogen-bond acceptors (Lipinski definition) is 5. The monoisotopic (exact) mass is 669 g/mol. The van der Waals surface area contributed by atoms with Gasteiger partial charge in [-0.2, -0.15) is 26.3 Å². The maximum absolute atomic E-state index is 14.7. The molecule has 2 aromatic carbocycles. The number of amides is 2. The number of methoxy groups -OCH3 is 1. The van der Waals surface area contributed by atoms with Crippen molar-refractivity contribution >= 4 is 23.5 Å². The van der Waals surface area contributed by atoms with E-state index in [-0.39, 0.29) is 52.6 Å². The van der Waals surface area contributed by atoms with Gasteiger partial charge in [-0.3, -0.25) is 9.59 Å². The van der Waals surface area contributed by atoms with Crippen LogP contribution in [0.5, 0.6) is 5.88 Å². The highest BCUT2D eigenvalue weighted by atomic mass is 19.4. The number of aromatic nitrogens is 1. The third-order valence-electron chi connectivity index (χ3n) is 8.18. The van der Waals surface area contributed by atoms with E-state index in [2.05, 4.69) is 15.6 Å². The van der Waals surface area contributed by atoms with Gasteiger partial charge in [-0.15, -0.1) is 0 Å². The number of anilines is 1. The van der Waals surface area contributed by atoms with E-state index in [0.717, 1.165) is 43.6 Å². The van der Waals surface area contributed by atoms with Crippen molar-refractivity contribution in [2.75, 3.05) is 12.4 Å². The molecular formula is C31H23F8N3O5. The average molecular weight is 670 g/mol. The average Bonchev–Trinajstić information content (AvgIpc) is 3.50. The second kappa shape index (κ2) is 12.3. The van der Waals surface area contributed by atoms with Crippen molar-refractivity contribution in [2.45, 2.75) is 31.2 Å². The van der Waals surface area contributed by atoms with Gasteiger partial charge in [0.1, 0.15) is 17.2 Å². The molecule has 3 N–H and O–H groups in total. The number of benzene rings is 2. The van der Waals surface area contributed by atoms with Crippen LogP contribution in [0.1, 0.15) is 39.1 Å². The molecule has 2 amide bonds. The summed E-state index contributed by atoms with van der Waals surface area (Å²) in [5, 5.41) is 14.1. The minimum Gasteiger partial charge on any atom is -0.480 e. The standard InChI is InChI=1S/C31H23F8N3O5/c1-47-28-19(9-14(12-40-28)18-8-13(29(45)46)2-6-22(18)32)26(43)42-25-17-5-4-16(20(17)11-30(34,35)36)24(25)27(44)41-15-3-7-23(33)21(10-15)31(37,38)39/h2-3,6-12,16-17,24-25H,4-5H2,1H3,(H,41,44)(H,42,43)(H,45,46)/b20-11-/t16?,17?,24-,25+/m0/s1. The molecule has 0 aliphatic heterocycles. The number of rotatable bonds is 7. The van der Waals surface area contributed by atoms with Crippen LogP contribution in [0.2, 0.25) is 0 Å². The Kier molecular flexibility index (Phi) is 8.73. The number of carbonyl (C=O) groups is 3. The molecule has 248 valence electrons. The third kappa shape index (κ3) is 6.76. The fourth-order valence-electron chi connectivity index (χ4n) is 6.26. The molecule has 47 heavy (non-hydrogen) atoms. The summed E-state index contributed by atoms with van der Waals surface area (Å²) in [4.78, 5) is 42.6. The molecule has 0 spiro atoms. The molecule has 2 aliphatic carbocycles. The summed E-state index contributed by atoms with van der Waals surface area (Å²) in [5.41, 5.74) is -3.21. The minimum atomic E-state index is -5.10. The summed E-state index contributed by atoms with van der Waals surface area (Å²) >= 11 is 0. The van der Waals surface area contributed by atoms with Crippen LogP contribution >= 0.6 is 0 Å². The van der Waals surface area contributed by atoms with Crippen LogP contribution < -0.4 is 15.4 Å². The zero-order valence-corrected chi connectivity index (χ0v) is 24.0. The molecular weight excluding hydrogens is 646 g/mol. The summed E-state index contributed by atoms with van der Waals surface area (Å²) in [6.45, 7) is 0. The van der Waals surface area contributed by atoms with Crippen molar-refractivity contribution in [3.05, 3.63) is 88.6 Å². The van der Waals surface area contributed by atoms with Gasteiger partial charge in [0.25, 0.3) is 5.91 Å². The molecule has 16 heteroatoms. The lowest BCUT2D eigenvalue weighted by atomic mass is 9.83. The van der Waals surface area contributed by atoms with Crippen molar-refractivity contribution in [3.63, 3.8) is 0 Å². The van der Waals surface area contributed by atoms with E-state index in [1.165, 1.54) is 0 Å². The smallest absolute Gasteiger partial charge is 0.419 e. The number of carbonyl (C=O) groups excluding carboxylic acids is 2. The van der Waals surface area contributed by atoms with E-state index in [4.69, 9.17) is 4.74 Å². The number of nitrogens with one attached hydrogen (secondary N) is 2. The molecule has 2 aliphatic rings. The van der Waals surface area contributed by atoms with Crippen molar-refractivity contribution in [3.8, 4) is 17.0 Å².